The van der Waals surface area contributed by atoms with E-state index >= 15 is 0 Å². The van der Waals surface area contributed by atoms with Crippen LogP contribution in [0.1, 0.15) is 43.4 Å². The number of amides is 3. The number of imide groups is 1. The molecule has 3 amide bonds. The van der Waals surface area contributed by atoms with Gasteiger partial charge in [-0.25, -0.2) is 28.3 Å². The van der Waals surface area contributed by atoms with E-state index in [-0.39, 0.29) is 16.4 Å². The third-order valence-corrected chi connectivity index (χ3v) is 3.36. The zero-order valence-corrected chi connectivity index (χ0v) is 16.9. The second kappa shape index (κ2) is 9.28. The van der Waals surface area contributed by atoms with E-state index < -0.39 is 47.5 Å². The molecule has 31 heavy (non-hydrogen) atoms. The van der Waals surface area contributed by atoms with E-state index in [1.807, 2.05) is 0 Å². The van der Waals surface area contributed by atoms with Gasteiger partial charge >= 0.3 is 12.2 Å². The first-order valence-electron chi connectivity index (χ1n) is 8.66. The normalized spacial score (nSPS) is 11.1. The van der Waals surface area contributed by atoms with Crippen molar-refractivity contribution in [3.63, 3.8) is 0 Å². The number of halogens is 2. The van der Waals surface area contributed by atoms with Crippen molar-refractivity contribution in [1.82, 2.24) is 15.0 Å². The Bertz CT molecular complexity index is 996. The molecule has 0 atom stereocenters. The van der Waals surface area contributed by atoms with Gasteiger partial charge in [0.1, 0.15) is 17.0 Å². The maximum absolute atomic E-state index is 12.8. The average molecular weight is 439 g/mol. The Morgan fingerprint density at radius 3 is 2.42 bits per heavy atom. The molecular weight excluding hydrogens is 420 g/mol. The topological polar surface area (TPSA) is 144 Å². The van der Waals surface area contributed by atoms with Gasteiger partial charge < -0.3 is 19.9 Å². The van der Waals surface area contributed by atoms with Crippen LogP contribution in [0.15, 0.2) is 24.4 Å². The van der Waals surface area contributed by atoms with E-state index in [0.29, 0.717) is 0 Å². The molecule has 0 fully saturated rings. The van der Waals surface area contributed by atoms with E-state index in [1.165, 1.54) is 12.1 Å². The van der Waals surface area contributed by atoms with Crippen LogP contribution < -0.4 is 15.0 Å². The first-order chi connectivity index (χ1) is 14.4. The van der Waals surface area contributed by atoms with Gasteiger partial charge in [-0.2, -0.15) is 9.88 Å². The first kappa shape index (κ1) is 23.4. The van der Waals surface area contributed by atoms with Gasteiger partial charge in [-0.05, 0) is 32.9 Å². The van der Waals surface area contributed by atoms with E-state index in [4.69, 9.17) is 9.47 Å². The fourth-order valence-corrected chi connectivity index (χ4v) is 2.16. The number of rotatable bonds is 5. The SMILES string of the molecule is COc1nc(NC(=O)c2cccc(C(F)F)n2)cnc1N(C(=O)O)C(=O)OC(C)(C)C. The average Bonchev–Trinajstić information content (AvgIpc) is 2.67. The zero-order valence-electron chi connectivity index (χ0n) is 16.9. The van der Waals surface area contributed by atoms with Crippen molar-refractivity contribution in [3.8, 4) is 5.88 Å². The maximum atomic E-state index is 12.8. The van der Waals surface area contributed by atoms with Gasteiger partial charge in [-0.1, -0.05) is 6.07 Å². The largest absolute Gasteiger partial charge is 0.478 e. The van der Waals surface area contributed by atoms with Crippen LogP contribution in [0.4, 0.5) is 30.0 Å². The summed E-state index contributed by atoms with van der Waals surface area (Å²) in [5.74, 6) is -1.99. The summed E-state index contributed by atoms with van der Waals surface area (Å²) in [5.41, 5.74) is -1.87. The molecule has 2 heterocycles. The number of nitrogens with zero attached hydrogens (tertiary/aromatic N) is 4. The standard InChI is InChI=1S/C18H19F2N5O6/c1-18(2,3)31-17(29)25(16(27)28)13-15(30-4)24-11(8-21-13)23-14(26)10-7-5-6-9(22-10)12(19)20/h5-8,12H,1-4H3,(H,27,28)(H,23,24,26). The van der Waals surface area contributed by atoms with Gasteiger partial charge in [0, 0.05) is 0 Å². The van der Waals surface area contributed by atoms with Crippen molar-refractivity contribution in [2.24, 2.45) is 0 Å². The highest BCUT2D eigenvalue weighted by atomic mass is 19.3. The molecule has 13 heteroatoms. The minimum absolute atomic E-state index is 0.191. The first-order valence-corrected chi connectivity index (χ1v) is 8.66. The molecule has 0 spiro atoms. The number of nitrogens with one attached hydrogen (secondary N) is 1. The number of aromatic nitrogens is 3. The predicted octanol–water partition coefficient (Wildman–Crippen LogP) is 3.49. The number of ether oxygens (including phenoxy) is 2. The van der Waals surface area contributed by atoms with Gasteiger partial charge in [0.2, 0.25) is 5.82 Å². The second-order valence-electron chi connectivity index (χ2n) is 6.89. The van der Waals surface area contributed by atoms with Gasteiger partial charge in [-0.15, -0.1) is 0 Å². The lowest BCUT2D eigenvalue weighted by atomic mass is 10.2. The fraction of sp³-hybridized carbons (Fsp3) is 0.333. The molecule has 0 aliphatic rings. The van der Waals surface area contributed by atoms with Crippen LogP contribution in [0.5, 0.6) is 5.88 Å². The van der Waals surface area contributed by atoms with Gasteiger partial charge in [0.25, 0.3) is 18.2 Å². The number of carbonyl (C=O) groups is 3. The third kappa shape index (κ3) is 6.04. The zero-order chi connectivity index (χ0) is 23.3. The second-order valence-corrected chi connectivity index (χ2v) is 6.89. The molecular formula is C18H19F2N5O6. The number of methoxy groups -OCH3 is 1. The van der Waals surface area contributed by atoms with Crippen molar-refractivity contribution in [3.05, 3.63) is 35.8 Å². The Balaban J connectivity index is 2.31. The molecule has 0 saturated carbocycles. The molecule has 2 aromatic rings. The highest BCUT2D eigenvalue weighted by Crippen LogP contribution is 2.27. The molecule has 2 N–H and O–H groups in total. The van der Waals surface area contributed by atoms with Crippen LogP contribution in [-0.4, -0.2) is 50.9 Å². The monoisotopic (exact) mass is 439 g/mol. The molecule has 0 aromatic carbocycles. The summed E-state index contributed by atoms with van der Waals surface area (Å²) in [7, 11) is 1.14. The molecule has 0 unspecified atom stereocenters. The van der Waals surface area contributed by atoms with Crippen molar-refractivity contribution < 1.29 is 37.7 Å². The minimum Gasteiger partial charge on any atom is -0.478 e. The lowest BCUT2D eigenvalue weighted by Gasteiger charge is -2.24. The van der Waals surface area contributed by atoms with Crippen LogP contribution in [0.25, 0.3) is 0 Å². The van der Waals surface area contributed by atoms with E-state index in [2.05, 4.69) is 20.3 Å². The molecule has 0 aliphatic heterocycles. The van der Waals surface area contributed by atoms with Gasteiger partial charge in [0.15, 0.2) is 5.82 Å². The molecule has 11 nitrogen and oxygen atoms in total. The Morgan fingerprint density at radius 2 is 1.87 bits per heavy atom. The third-order valence-electron chi connectivity index (χ3n) is 3.36. The molecule has 0 bridgehead atoms. The highest BCUT2D eigenvalue weighted by molar-refractivity contribution is 6.09. The summed E-state index contributed by atoms with van der Waals surface area (Å²) in [6.07, 6.45) is -4.85. The molecule has 0 aliphatic carbocycles. The van der Waals surface area contributed by atoms with Crippen molar-refractivity contribution >= 4 is 29.7 Å². The molecule has 0 radical (unpaired) electrons. The summed E-state index contributed by atoms with van der Waals surface area (Å²) in [6, 6.07) is 3.52. The Morgan fingerprint density at radius 1 is 1.19 bits per heavy atom. The van der Waals surface area contributed by atoms with E-state index in [0.717, 1.165) is 19.4 Å². The summed E-state index contributed by atoms with van der Waals surface area (Å²) < 4.78 is 35.6. The molecule has 0 saturated heterocycles. The predicted molar refractivity (Wildman–Crippen MR) is 102 cm³/mol. The lowest BCUT2D eigenvalue weighted by molar-refractivity contribution is 0.0579. The number of alkyl halides is 2. The number of carboxylic acid groups (broad SMARTS) is 1. The van der Waals surface area contributed by atoms with Crippen LogP contribution in [0.3, 0.4) is 0 Å². The van der Waals surface area contributed by atoms with Crippen LogP contribution in [0.2, 0.25) is 0 Å². The van der Waals surface area contributed by atoms with Crippen LogP contribution in [-0.2, 0) is 4.74 Å². The van der Waals surface area contributed by atoms with E-state index in [9.17, 15) is 28.3 Å². The number of hydrogen-bond acceptors (Lipinski definition) is 8. The maximum Gasteiger partial charge on any atom is 0.425 e. The number of pyridine rings is 1. The molecule has 2 aromatic heterocycles. The Labute approximate surface area is 175 Å². The Hall–Kier alpha value is -3.90. The van der Waals surface area contributed by atoms with Crippen LogP contribution >= 0.6 is 0 Å². The lowest BCUT2D eigenvalue weighted by Crippen LogP contribution is -2.41. The molecule has 166 valence electrons. The summed E-state index contributed by atoms with van der Waals surface area (Å²) in [6.45, 7) is 4.64. The highest BCUT2D eigenvalue weighted by Gasteiger charge is 2.33. The number of carbonyl (C=O) groups excluding carboxylic acids is 2. The number of anilines is 2. The van der Waals surface area contributed by atoms with Crippen LogP contribution in [0, 0.1) is 0 Å². The van der Waals surface area contributed by atoms with Gasteiger partial charge in [-0.3, -0.25) is 4.79 Å². The summed E-state index contributed by atoms with van der Waals surface area (Å²) in [4.78, 5) is 47.6. The number of hydrogen-bond donors (Lipinski definition) is 2. The van der Waals surface area contributed by atoms with Crippen molar-refractivity contribution in [1.29, 1.82) is 0 Å². The summed E-state index contributed by atoms with van der Waals surface area (Å²) >= 11 is 0. The quantitative estimate of drug-likeness (QED) is 0.715. The Kier molecular flexibility index (Phi) is 7.00. The smallest absolute Gasteiger partial charge is 0.425 e. The summed E-state index contributed by atoms with van der Waals surface area (Å²) in [5, 5.41) is 11.7. The van der Waals surface area contributed by atoms with Crippen molar-refractivity contribution in [2.45, 2.75) is 32.8 Å². The molecule has 2 rings (SSSR count). The fourth-order valence-electron chi connectivity index (χ4n) is 2.16. The van der Waals surface area contributed by atoms with E-state index in [1.54, 1.807) is 20.8 Å². The van der Waals surface area contributed by atoms with Crippen molar-refractivity contribution in [2.75, 3.05) is 17.3 Å². The van der Waals surface area contributed by atoms with Gasteiger partial charge in [0.05, 0.1) is 13.3 Å². The minimum atomic E-state index is -2.86.